The topological polar surface area (TPSA) is 13.1 Å². The van der Waals surface area contributed by atoms with Gasteiger partial charge < -0.3 is 4.42 Å². The maximum Gasteiger partial charge on any atom is 0.136 e. The van der Waals surface area contributed by atoms with Gasteiger partial charge in [-0.2, -0.15) is 0 Å². The minimum atomic E-state index is -0.927. The molecule has 0 bridgehead atoms. The Morgan fingerprint density at radius 2 is 1.00 bits per heavy atom. The van der Waals surface area contributed by atoms with Crippen LogP contribution in [0.4, 0.5) is 0 Å². The molecule has 200 valence electrons. The lowest BCUT2D eigenvalue weighted by molar-refractivity contribution is 0.669. The van der Waals surface area contributed by atoms with E-state index in [-0.39, 0.29) is 16.6 Å². The van der Waals surface area contributed by atoms with Crippen LogP contribution in [0.3, 0.4) is 0 Å². The monoisotopic (exact) mass is 567 g/mol. The first-order valence-corrected chi connectivity index (χ1v) is 13.1. The number of benzene rings is 8. The summed E-state index contributed by atoms with van der Waals surface area (Å²) < 4.78 is 196. The fourth-order valence-corrected chi connectivity index (χ4v) is 5.52. The lowest BCUT2D eigenvalue weighted by Gasteiger charge is -2.19. The smallest absolute Gasteiger partial charge is 0.136 e. The van der Waals surface area contributed by atoms with Crippen molar-refractivity contribution < 1.29 is 33.2 Å². The summed E-state index contributed by atoms with van der Waals surface area (Å²) in [5.41, 5.74) is -3.18. The first-order chi connectivity index (χ1) is 30.1. The molecule has 0 N–H and O–H groups in total. The van der Waals surface area contributed by atoms with Gasteiger partial charge in [0.15, 0.2) is 0 Å². The third kappa shape index (κ3) is 3.65. The van der Waals surface area contributed by atoms with Crippen molar-refractivity contribution in [1.29, 1.82) is 0 Å². The number of hydrogen-bond donors (Lipinski definition) is 0. The van der Waals surface area contributed by atoms with Crippen molar-refractivity contribution in [2.75, 3.05) is 0 Å². The van der Waals surface area contributed by atoms with E-state index in [1.807, 2.05) is 0 Å². The summed E-state index contributed by atoms with van der Waals surface area (Å²) in [5.74, 6) is 0. The summed E-state index contributed by atoms with van der Waals surface area (Å²) in [6, 6.07) is -9.24. The third-order valence-electron chi connectivity index (χ3n) is 7.34. The molecule has 0 atom stereocenters. The van der Waals surface area contributed by atoms with Crippen LogP contribution >= 0.6 is 0 Å². The first-order valence-electron chi connectivity index (χ1n) is 23.6. The van der Waals surface area contributed by atoms with Crippen molar-refractivity contribution in [2.24, 2.45) is 0 Å². The number of para-hydroxylation sites is 1. The van der Waals surface area contributed by atoms with Gasteiger partial charge in [-0.25, -0.2) is 0 Å². The second-order valence-electron chi connectivity index (χ2n) is 9.63. The normalized spacial score (nSPS) is 18.6. The molecule has 1 heterocycles. The van der Waals surface area contributed by atoms with Crippen LogP contribution in [-0.2, 0) is 0 Å². The minimum absolute atomic E-state index is 0.0641. The predicted octanol–water partition coefficient (Wildman–Crippen LogP) is 12.0. The van der Waals surface area contributed by atoms with E-state index in [1.165, 1.54) is 0 Å². The predicted molar refractivity (Wildman–Crippen MR) is 183 cm³/mol. The van der Waals surface area contributed by atoms with Crippen LogP contribution < -0.4 is 0 Å². The molecule has 0 amide bonds. The summed E-state index contributed by atoms with van der Waals surface area (Å²) in [4.78, 5) is 0. The molecule has 1 aromatic heterocycles. The zero-order valence-electron chi connectivity index (χ0n) is 42.8. The molecule has 0 unspecified atom stereocenters. The highest BCUT2D eigenvalue weighted by molar-refractivity contribution is 6.24. The summed E-state index contributed by atoms with van der Waals surface area (Å²) in [5, 5.41) is -3.00. The fourth-order valence-electron chi connectivity index (χ4n) is 5.52. The van der Waals surface area contributed by atoms with E-state index in [0.29, 0.717) is 5.39 Å². The summed E-state index contributed by atoms with van der Waals surface area (Å²) in [7, 11) is 0. The molecule has 9 rings (SSSR count). The quantitative estimate of drug-likeness (QED) is 0.194. The summed E-state index contributed by atoms with van der Waals surface area (Å²) >= 11 is 0. The molecule has 0 saturated heterocycles. The van der Waals surface area contributed by atoms with Crippen molar-refractivity contribution in [2.45, 2.75) is 0 Å². The Bertz CT molecular complexity index is 3610. The molecular weight excluding hydrogens is 520 g/mol. The van der Waals surface area contributed by atoms with Crippen molar-refractivity contribution in [3.8, 4) is 33.4 Å². The average molecular weight is 568 g/mol. The van der Waals surface area contributed by atoms with Gasteiger partial charge in [-0.15, -0.1) is 0 Å². The highest BCUT2D eigenvalue weighted by Crippen LogP contribution is 2.46. The second kappa shape index (κ2) is 9.44. The van der Waals surface area contributed by atoms with Crippen LogP contribution in [0.1, 0.15) is 28.8 Å². The minimum Gasteiger partial charge on any atom is -0.456 e. The zero-order valence-corrected chi connectivity index (χ0v) is 21.8. The van der Waals surface area contributed by atoms with Crippen LogP contribution in [0.15, 0.2) is 162 Å². The number of fused-ring (bicyclic) bond motifs is 6. The van der Waals surface area contributed by atoms with Gasteiger partial charge in [-0.3, -0.25) is 0 Å². The Labute approximate surface area is 278 Å². The number of hydrogen-bond acceptors (Lipinski definition) is 1. The van der Waals surface area contributed by atoms with Gasteiger partial charge in [0.2, 0.25) is 0 Å². The van der Waals surface area contributed by atoms with E-state index < -0.39 is 193 Å². The van der Waals surface area contributed by atoms with Crippen LogP contribution in [0.2, 0.25) is 0 Å². The Kier molecular flexibility index (Phi) is 2.46. The molecule has 0 aliphatic heterocycles. The van der Waals surface area contributed by atoms with E-state index >= 15 is 0 Å². The van der Waals surface area contributed by atoms with E-state index in [1.54, 1.807) is 24.3 Å². The molecule has 0 saturated carbocycles. The second-order valence-corrected chi connectivity index (χ2v) is 9.63. The molecule has 8 aromatic carbocycles. The van der Waals surface area contributed by atoms with Gasteiger partial charge in [0.1, 0.15) is 11.2 Å². The molecule has 0 aliphatic carbocycles. The van der Waals surface area contributed by atoms with Crippen molar-refractivity contribution >= 4 is 54.3 Å². The highest BCUT2D eigenvalue weighted by Gasteiger charge is 2.19. The molecule has 43 heavy (non-hydrogen) atoms. The van der Waals surface area contributed by atoms with Gasteiger partial charge in [0.05, 0.1) is 28.8 Å². The first kappa shape index (κ1) is 11.2. The van der Waals surface area contributed by atoms with E-state index in [0.717, 1.165) is 6.07 Å². The lowest BCUT2D eigenvalue weighted by Crippen LogP contribution is -1.92. The number of furan rings is 1. The van der Waals surface area contributed by atoms with Gasteiger partial charge in [-0.05, 0) is 83.8 Å². The average Bonchev–Trinajstić information content (AvgIpc) is 3.67. The Hall–Kier alpha value is -5.66. The molecule has 1 heteroatoms. The summed E-state index contributed by atoms with van der Waals surface area (Å²) in [6.45, 7) is 0. The molecule has 0 aliphatic rings. The number of rotatable bonds is 3. The zero-order chi connectivity index (χ0) is 46.6. The van der Waals surface area contributed by atoms with Crippen molar-refractivity contribution in [1.82, 2.24) is 0 Å². The molecule has 0 spiro atoms. The maximum absolute atomic E-state index is 9.51. The highest BCUT2D eigenvalue weighted by atomic mass is 16.3. The molecular formula is C42H26O. The lowest BCUT2D eigenvalue weighted by atomic mass is 9.84. The van der Waals surface area contributed by atoms with Gasteiger partial charge in [0, 0.05) is 10.8 Å². The van der Waals surface area contributed by atoms with Crippen molar-refractivity contribution in [3.63, 3.8) is 0 Å². The maximum atomic E-state index is 9.51. The SMILES string of the molecule is [2H]c1cc(-c2c([2H])c([2H])c([2H])c3c(-c4c5c([2H])c([2H])c([2H])c([2H])c5c(-c5c([2H])c([2H])c6c(oc7ccccc76)c5[2H])c5c([2H])c([2H])c([2H])c([2H])c45)c([2H])c([2H])c([2H])c23)c([2H])c([2H])c1[2H]. The van der Waals surface area contributed by atoms with E-state index in [4.69, 9.17) is 20.9 Å². The van der Waals surface area contributed by atoms with Crippen LogP contribution in [0.5, 0.6) is 0 Å². The van der Waals surface area contributed by atoms with Gasteiger partial charge in [-0.1, -0.05) is 139 Å². The molecule has 1 nitrogen and oxygen atoms in total. The van der Waals surface area contributed by atoms with Crippen LogP contribution in [-0.4, -0.2) is 0 Å². The van der Waals surface area contributed by atoms with E-state index in [9.17, 15) is 12.3 Å². The van der Waals surface area contributed by atoms with E-state index in [2.05, 4.69) is 0 Å². The Balaban J connectivity index is 1.64. The fraction of sp³-hybridized carbons (Fsp3) is 0. The molecule has 0 fully saturated rings. The standard InChI is InChI=1S/C42H26O/c1-2-12-27(13-3-1)29-19-10-21-31-30(29)20-11-22-34(31)42-37-17-6-4-15-35(37)41(36-16-5-7-18-38(36)42)28-24-25-33-32-14-8-9-23-39(32)43-40(33)26-28/h1-26H/i1D,2D,3D,4D,5D,6D,7D,10D,11D,12D,15D,16D,17D,18D,19D,20D,21D,22D,24D,25D,26D. The van der Waals surface area contributed by atoms with Gasteiger partial charge in [0.25, 0.3) is 0 Å². The molecule has 9 aromatic rings. The molecule has 0 radical (unpaired) electrons. The van der Waals surface area contributed by atoms with Crippen LogP contribution in [0, 0.1) is 0 Å². The summed E-state index contributed by atoms with van der Waals surface area (Å²) in [6.07, 6.45) is 0. The Morgan fingerprint density at radius 1 is 0.372 bits per heavy atom. The largest absolute Gasteiger partial charge is 0.456 e. The van der Waals surface area contributed by atoms with Gasteiger partial charge >= 0.3 is 0 Å². The van der Waals surface area contributed by atoms with Crippen LogP contribution in [0.25, 0.3) is 87.6 Å². The Morgan fingerprint density at radius 3 is 1.77 bits per heavy atom. The van der Waals surface area contributed by atoms with Crippen molar-refractivity contribution in [3.05, 3.63) is 157 Å². The third-order valence-corrected chi connectivity index (χ3v) is 7.34.